The van der Waals surface area contributed by atoms with Crippen LogP contribution in [0.4, 0.5) is 0 Å². The normalized spacial score (nSPS) is 10.3. The summed E-state index contributed by atoms with van der Waals surface area (Å²) in [5, 5.41) is 0. The number of carbonyl (C=O) groups is 1. The monoisotopic (exact) mass is 318 g/mol. The smallest absolute Gasteiger partial charge is 0.160 e. The highest BCUT2D eigenvalue weighted by atomic mass is 79.9. The van der Waals surface area contributed by atoms with Gasteiger partial charge >= 0.3 is 0 Å². The summed E-state index contributed by atoms with van der Waals surface area (Å²) in [7, 11) is 0. The average molecular weight is 319 g/mol. The number of hydrogen-bond donors (Lipinski definition) is 0. The van der Waals surface area contributed by atoms with Gasteiger partial charge in [0.25, 0.3) is 0 Å². The van der Waals surface area contributed by atoms with Crippen molar-refractivity contribution < 1.29 is 9.53 Å². The molecular formula is C16H15BrO2. The highest BCUT2D eigenvalue weighted by Crippen LogP contribution is 2.20. The molecule has 3 heteroatoms. The second kappa shape index (κ2) is 6.02. The van der Waals surface area contributed by atoms with E-state index in [1.54, 1.807) is 6.92 Å². The number of aryl methyl sites for hydroxylation is 1. The predicted molar refractivity (Wildman–Crippen MR) is 79.7 cm³/mol. The van der Waals surface area contributed by atoms with E-state index in [2.05, 4.69) is 15.9 Å². The number of ketones is 1. The maximum atomic E-state index is 11.6. The fourth-order valence-corrected chi connectivity index (χ4v) is 2.23. The first-order chi connectivity index (χ1) is 9.06. The van der Waals surface area contributed by atoms with Crippen LogP contribution >= 0.6 is 15.9 Å². The van der Waals surface area contributed by atoms with Gasteiger partial charge in [-0.15, -0.1) is 0 Å². The molecule has 19 heavy (non-hydrogen) atoms. The Morgan fingerprint density at radius 2 is 1.84 bits per heavy atom. The first kappa shape index (κ1) is 13.8. The maximum Gasteiger partial charge on any atom is 0.160 e. The first-order valence-electron chi connectivity index (χ1n) is 6.05. The second-order valence-corrected chi connectivity index (χ2v) is 5.38. The molecule has 0 bridgehead atoms. The Hall–Kier alpha value is -1.61. The van der Waals surface area contributed by atoms with Gasteiger partial charge in [0.15, 0.2) is 5.78 Å². The molecule has 2 nitrogen and oxygen atoms in total. The van der Waals surface area contributed by atoms with Crippen LogP contribution in [-0.4, -0.2) is 5.78 Å². The largest absolute Gasteiger partial charge is 0.489 e. The number of Topliss-reactive ketones (excluding diaryl/α,β-unsaturated/α-hetero) is 1. The van der Waals surface area contributed by atoms with Gasteiger partial charge in [0.1, 0.15) is 12.4 Å². The van der Waals surface area contributed by atoms with E-state index in [9.17, 15) is 4.79 Å². The Morgan fingerprint density at radius 1 is 1.16 bits per heavy atom. The number of rotatable bonds is 4. The van der Waals surface area contributed by atoms with Crippen LogP contribution in [0.5, 0.6) is 5.75 Å². The lowest BCUT2D eigenvalue weighted by atomic mass is 10.1. The van der Waals surface area contributed by atoms with Gasteiger partial charge in [-0.1, -0.05) is 33.6 Å². The van der Waals surface area contributed by atoms with Crippen molar-refractivity contribution >= 4 is 21.7 Å². The molecule has 0 amide bonds. The molecule has 0 aliphatic carbocycles. The molecule has 0 aliphatic heterocycles. The Bertz CT molecular complexity index is 588. The summed E-state index contributed by atoms with van der Waals surface area (Å²) in [5.41, 5.74) is 2.79. The highest BCUT2D eigenvalue weighted by molar-refractivity contribution is 9.10. The molecule has 2 rings (SSSR count). The molecule has 0 spiro atoms. The summed E-state index contributed by atoms with van der Waals surface area (Å²) in [6.45, 7) is 3.99. The predicted octanol–water partition coefficient (Wildman–Crippen LogP) is 4.54. The fourth-order valence-electron chi connectivity index (χ4n) is 1.82. The minimum Gasteiger partial charge on any atom is -0.489 e. The van der Waals surface area contributed by atoms with E-state index in [4.69, 9.17) is 4.74 Å². The van der Waals surface area contributed by atoms with Crippen LogP contribution < -0.4 is 4.74 Å². The minimum atomic E-state index is 0.0509. The second-order valence-electron chi connectivity index (χ2n) is 4.46. The van der Waals surface area contributed by atoms with Gasteiger partial charge in [0.2, 0.25) is 0 Å². The Kier molecular flexibility index (Phi) is 4.38. The molecule has 0 atom stereocenters. The van der Waals surface area contributed by atoms with Gasteiger partial charge in [-0.05, 0) is 44.2 Å². The van der Waals surface area contributed by atoms with Crippen LogP contribution in [0.2, 0.25) is 0 Å². The van der Waals surface area contributed by atoms with Gasteiger partial charge in [0, 0.05) is 15.6 Å². The standard InChI is InChI=1S/C16H15BrO2/c1-11-3-6-15(7-4-11)19-10-13-9-14(17)5-8-16(13)12(2)18/h3-9H,10H2,1-2H3. The summed E-state index contributed by atoms with van der Waals surface area (Å²) in [5.74, 6) is 0.857. The summed E-state index contributed by atoms with van der Waals surface area (Å²) < 4.78 is 6.66. The van der Waals surface area contributed by atoms with Crippen molar-refractivity contribution in [2.24, 2.45) is 0 Å². The van der Waals surface area contributed by atoms with E-state index in [0.717, 1.165) is 15.8 Å². The lowest BCUT2D eigenvalue weighted by Gasteiger charge is -2.10. The minimum absolute atomic E-state index is 0.0509. The zero-order valence-electron chi connectivity index (χ0n) is 10.9. The zero-order valence-corrected chi connectivity index (χ0v) is 12.5. The van der Waals surface area contributed by atoms with Gasteiger partial charge in [-0.25, -0.2) is 0 Å². The van der Waals surface area contributed by atoms with Crippen LogP contribution in [0, 0.1) is 6.92 Å². The topological polar surface area (TPSA) is 26.3 Å². The molecule has 0 unspecified atom stereocenters. The molecule has 0 N–H and O–H groups in total. The lowest BCUT2D eigenvalue weighted by molar-refractivity contribution is 0.101. The number of halogens is 1. The van der Waals surface area contributed by atoms with E-state index < -0.39 is 0 Å². The van der Waals surface area contributed by atoms with Gasteiger partial charge in [0.05, 0.1) is 0 Å². The van der Waals surface area contributed by atoms with Crippen molar-refractivity contribution in [3.05, 3.63) is 63.6 Å². The van der Waals surface area contributed by atoms with Crippen molar-refractivity contribution in [2.45, 2.75) is 20.5 Å². The molecule has 0 radical (unpaired) electrons. The van der Waals surface area contributed by atoms with Gasteiger partial charge < -0.3 is 4.74 Å². The lowest BCUT2D eigenvalue weighted by Crippen LogP contribution is -2.03. The summed E-state index contributed by atoms with van der Waals surface area (Å²) in [4.78, 5) is 11.6. The SMILES string of the molecule is CC(=O)c1ccc(Br)cc1COc1ccc(C)cc1. The third-order valence-corrected chi connectivity index (χ3v) is 3.36. The van der Waals surface area contributed by atoms with Gasteiger partial charge in [-0.3, -0.25) is 4.79 Å². The Labute approximate surface area is 121 Å². The molecule has 98 valence electrons. The Morgan fingerprint density at radius 3 is 2.47 bits per heavy atom. The summed E-state index contributed by atoms with van der Waals surface area (Å²) in [6, 6.07) is 13.5. The van der Waals surface area contributed by atoms with Crippen LogP contribution in [-0.2, 0) is 6.61 Å². The third-order valence-electron chi connectivity index (χ3n) is 2.86. The molecular weight excluding hydrogens is 304 g/mol. The molecule has 0 saturated heterocycles. The van der Waals surface area contributed by atoms with Crippen molar-refractivity contribution in [1.29, 1.82) is 0 Å². The maximum absolute atomic E-state index is 11.6. The first-order valence-corrected chi connectivity index (χ1v) is 6.84. The van der Waals surface area contributed by atoms with Crippen LogP contribution in [0.15, 0.2) is 46.9 Å². The molecule has 0 aliphatic rings. The van der Waals surface area contributed by atoms with Gasteiger partial charge in [-0.2, -0.15) is 0 Å². The fraction of sp³-hybridized carbons (Fsp3) is 0.188. The van der Waals surface area contributed by atoms with Crippen LogP contribution in [0.1, 0.15) is 28.4 Å². The molecule has 2 aromatic carbocycles. The number of carbonyl (C=O) groups excluding carboxylic acids is 1. The van der Waals surface area contributed by atoms with Crippen molar-refractivity contribution in [1.82, 2.24) is 0 Å². The molecule has 0 heterocycles. The summed E-state index contributed by atoms with van der Waals surface area (Å²) >= 11 is 3.41. The van der Waals surface area contributed by atoms with Crippen molar-refractivity contribution in [3.8, 4) is 5.75 Å². The zero-order chi connectivity index (χ0) is 13.8. The number of hydrogen-bond acceptors (Lipinski definition) is 2. The van der Waals surface area contributed by atoms with E-state index >= 15 is 0 Å². The van der Waals surface area contributed by atoms with E-state index in [1.807, 2.05) is 49.4 Å². The molecule has 0 saturated carbocycles. The van der Waals surface area contributed by atoms with E-state index in [-0.39, 0.29) is 5.78 Å². The van der Waals surface area contributed by atoms with E-state index in [0.29, 0.717) is 12.2 Å². The van der Waals surface area contributed by atoms with Crippen LogP contribution in [0.25, 0.3) is 0 Å². The quantitative estimate of drug-likeness (QED) is 0.774. The van der Waals surface area contributed by atoms with Crippen molar-refractivity contribution in [3.63, 3.8) is 0 Å². The summed E-state index contributed by atoms with van der Waals surface area (Å²) in [6.07, 6.45) is 0. The number of ether oxygens (including phenoxy) is 1. The molecule has 0 fully saturated rings. The molecule has 2 aromatic rings. The molecule has 0 aromatic heterocycles. The number of benzene rings is 2. The van der Waals surface area contributed by atoms with E-state index in [1.165, 1.54) is 5.56 Å². The van der Waals surface area contributed by atoms with Crippen LogP contribution in [0.3, 0.4) is 0 Å². The van der Waals surface area contributed by atoms with Crippen molar-refractivity contribution in [2.75, 3.05) is 0 Å². The third kappa shape index (κ3) is 3.67. The highest BCUT2D eigenvalue weighted by Gasteiger charge is 2.08. The average Bonchev–Trinajstić information content (AvgIpc) is 2.38. The Balaban J connectivity index is 2.16.